The average molecular weight is 275 g/mol. The molecule has 6 heteroatoms. The predicted molar refractivity (Wildman–Crippen MR) is 68.6 cm³/mol. The van der Waals surface area contributed by atoms with Crippen LogP contribution in [0.1, 0.15) is 35.5 Å². The number of nitrogens with zero attached hydrogens (tertiary/aromatic N) is 2. The highest BCUT2D eigenvalue weighted by Gasteiger charge is 2.43. The number of aromatic nitrogens is 2. The van der Waals surface area contributed by atoms with Gasteiger partial charge in [0.15, 0.2) is 5.82 Å². The van der Waals surface area contributed by atoms with Crippen molar-refractivity contribution in [2.45, 2.75) is 24.7 Å². The fourth-order valence-electron chi connectivity index (χ4n) is 2.27. The molecule has 0 radical (unpaired) electrons. The summed E-state index contributed by atoms with van der Waals surface area (Å²) in [5, 5.41) is 6.31. The van der Waals surface area contributed by atoms with Crippen LogP contribution in [0.4, 0.5) is 4.39 Å². The van der Waals surface area contributed by atoms with Crippen LogP contribution in [-0.2, 0) is 11.2 Å². The zero-order valence-electron chi connectivity index (χ0n) is 11.0. The summed E-state index contributed by atoms with van der Waals surface area (Å²) < 4.78 is 18.1. The first-order chi connectivity index (χ1) is 9.67. The lowest BCUT2D eigenvalue weighted by atomic mass is 10.1. The summed E-state index contributed by atoms with van der Waals surface area (Å²) in [5.41, 5.74) is 1.07. The number of carbonyl (C=O) groups is 1. The van der Waals surface area contributed by atoms with E-state index >= 15 is 0 Å². The molecule has 1 aliphatic rings. The first-order valence-corrected chi connectivity index (χ1v) is 6.46. The van der Waals surface area contributed by atoms with Gasteiger partial charge in [-0.15, -0.1) is 0 Å². The van der Waals surface area contributed by atoms with Crippen molar-refractivity contribution in [3.63, 3.8) is 0 Å². The number of likely N-dealkylation sites (N-methyl/N-ethyl adjacent to an activating group) is 1. The normalized spacial score (nSPS) is 20.7. The number of hydrogen-bond acceptors (Lipinski definition) is 4. The van der Waals surface area contributed by atoms with Gasteiger partial charge in [-0.3, -0.25) is 4.79 Å². The molecule has 1 aliphatic carbocycles. The van der Waals surface area contributed by atoms with E-state index in [9.17, 15) is 9.18 Å². The molecule has 1 aromatic carbocycles. The molecule has 1 saturated carbocycles. The van der Waals surface area contributed by atoms with Gasteiger partial charge in [0, 0.05) is 13.0 Å². The molecule has 0 saturated heterocycles. The summed E-state index contributed by atoms with van der Waals surface area (Å²) in [7, 11) is 1.56. The van der Waals surface area contributed by atoms with Crippen molar-refractivity contribution in [1.82, 2.24) is 15.5 Å². The molecule has 2 atom stereocenters. The number of rotatable bonds is 4. The molecular weight excluding hydrogens is 261 g/mol. The van der Waals surface area contributed by atoms with E-state index in [-0.39, 0.29) is 24.1 Å². The second-order valence-electron chi connectivity index (χ2n) is 4.90. The summed E-state index contributed by atoms with van der Waals surface area (Å²) in [4.78, 5) is 15.5. The van der Waals surface area contributed by atoms with E-state index in [2.05, 4.69) is 15.5 Å². The standard InChI is InChI=1S/C14H14FN3O2/c1-16-13(19)7-12-17-14(20-18-12)11-6-10(11)8-2-4-9(15)5-3-8/h2-5,10-11H,6-7H2,1H3,(H,16,19)/t10-,11+/m0/s1. The Morgan fingerprint density at radius 3 is 2.85 bits per heavy atom. The van der Waals surface area contributed by atoms with Crippen molar-refractivity contribution in [3.8, 4) is 0 Å². The van der Waals surface area contributed by atoms with Crippen molar-refractivity contribution in [1.29, 1.82) is 0 Å². The van der Waals surface area contributed by atoms with Crippen LogP contribution in [-0.4, -0.2) is 23.1 Å². The minimum absolute atomic E-state index is 0.119. The first-order valence-electron chi connectivity index (χ1n) is 6.46. The van der Waals surface area contributed by atoms with Gasteiger partial charge in [-0.1, -0.05) is 17.3 Å². The monoisotopic (exact) mass is 275 g/mol. The largest absolute Gasteiger partial charge is 0.359 e. The van der Waals surface area contributed by atoms with E-state index in [4.69, 9.17) is 4.52 Å². The van der Waals surface area contributed by atoms with Crippen LogP contribution in [0.3, 0.4) is 0 Å². The third kappa shape index (κ3) is 2.54. The van der Waals surface area contributed by atoms with E-state index in [0.717, 1.165) is 12.0 Å². The Labute approximate surface area is 115 Å². The maximum absolute atomic E-state index is 12.9. The fraction of sp³-hybridized carbons (Fsp3) is 0.357. The molecule has 2 aromatic rings. The topological polar surface area (TPSA) is 68.0 Å². The predicted octanol–water partition coefficient (Wildman–Crippen LogP) is 1.77. The molecule has 5 nitrogen and oxygen atoms in total. The molecule has 20 heavy (non-hydrogen) atoms. The number of benzene rings is 1. The summed E-state index contributed by atoms with van der Waals surface area (Å²) in [6, 6.07) is 6.47. The SMILES string of the molecule is CNC(=O)Cc1noc([C@@H]2C[C@H]2c2ccc(F)cc2)n1. The molecule has 1 fully saturated rings. The van der Waals surface area contributed by atoms with Crippen LogP contribution in [0.5, 0.6) is 0 Å². The van der Waals surface area contributed by atoms with Gasteiger partial charge in [0.1, 0.15) is 5.82 Å². The summed E-state index contributed by atoms with van der Waals surface area (Å²) in [6.07, 6.45) is 1.03. The van der Waals surface area contributed by atoms with Gasteiger partial charge in [-0.25, -0.2) is 4.39 Å². The lowest BCUT2D eigenvalue weighted by Gasteiger charge is -1.97. The van der Waals surface area contributed by atoms with Crippen molar-refractivity contribution in [2.24, 2.45) is 0 Å². The lowest BCUT2D eigenvalue weighted by Crippen LogP contribution is -2.20. The highest BCUT2D eigenvalue weighted by Crippen LogP contribution is 2.53. The number of nitrogens with one attached hydrogen (secondary N) is 1. The van der Waals surface area contributed by atoms with Crippen molar-refractivity contribution >= 4 is 5.91 Å². The lowest BCUT2D eigenvalue weighted by molar-refractivity contribution is -0.120. The Morgan fingerprint density at radius 2 is 2.15 bits per heavy atom. The summed E-state index contributed by atoms with van der Waals surface area (Å²) >= 11 is 0. The molecule has 1 N–H and O–H groups in total. The molecule has 1 heterocycles. The molecular formula is C14H14FN3O2. The Balaban J connectivity index is 1.67. The third-order valence-electron chi connectivity index (χ3n) is 3.49. The second kappa shape index (κ2) is 5.03. The maximum Gasteiger partial charge on any atom is 0.230 e. The molecule has 3 rings (SSSR count). The minimum atomic E-state index is -0.239. The third-order valence-corrected chi connectivity index (χ3v) is 3.49. The quantitative estimate of drug-likeness (QED) is 0.923. The first kappa shape index (κ1) is 12.8. The zero-order valence-corrected chi connectivity index (χ0v) is 11.0. The van der Waals surface area contributed by atoms with Gasteiger partial charge >= 0.3 is 0 Å². The van der Waals surface area contributed by atoms with E-state index < -0.39 is 0 Å². The highest BCUT2D eigenvalue weighted by atomic mass is 19.1. The number of halogens is 1. The van der Waals surface area contributed by atoms with Crippen LogP contribution in [0.15, 0.2) is 28.8 Å². The molecule has 104 valence electrons. The number of amides is 1. The van der Waals surface area contributed by atoms with Gasteiger partial charge in [0.2, 0.25) is 11.8 Å². The Bertz CT molecular complexity index is 624. The van der Waals surface area contributed by atoms with Crippen LogP contribution >= 0.6 is 0 Å². The minimum Gasteiger partial charge on any atom is -0.359 e. The molecule has 1 aromatic heterocycles. The molecule has 0 spiro atoms. The van der Waals surface area contributed by atoms with Gasteiger partial charge < -0.3 is 9.84 Å². The van der Waals surface area contributed by atoms with Crippen molar-refractivity contribution in [2.75, 3.05) is 7.05 Å². The molecule has 0 bridgehead atoms. The Kier molecular flexibility index (Phi) is 3.22. The van der Waals surface area contributed by atoms with Crippen molar-refractivity contribution in [3.05, 3.63) is 47.4 Å². The zero-order chi connectivity index (χ0) is 14.1. The van der Waals surface area contributed by atoms with Crippen LogP contribution in [0.25, 0.3) is 0 Å². The maximum atomic E-state index is 12.9. The second-order valence-corrected chi connectivity index (χ2v) is 4.90. The summed E-state index contributed by atoms with van der Waals surface area (Å²) in [6.45, 7) is 0. The number of hydrogen-bond donors (Lipinski definition) is 1. The van der Waals surface area contributed by atoms with Crippen LogP contribution in [0.2, 0.25) is 0 Å². The van der Waals surface area contributed by atoms with E-state index in [0.29, 0.717) is 17.6 Å². The van der Waals surface area contributed by atoms with Gasteiger partial charge in [0.05, 0.1) is 6.42 Å². The van der Waals surface area contributed by atoms with Gasteiger partial charge in [-0.2, -0.15) is 4.98 Å². The smallest absolute Gasteiger partial charge is 0.230 e. The molecule has 0 unspecified atom stereocenters. The van der Waals surface area contributed by atoms with Gasteiger partial charge in [-0.05, 0) is 30.0 Å². The van der Waals surface area contributed by atoms with Crippen LogP contribution in [0, 0.1) is 5.82 Å². The Hall–Kier alpha value is -2.24. The van der Waals surface area contributed by atoms with E-state index in [1.807, 2.05) is 0 Å². The average Bonchev–Trinajstić information content (AvgIpc) is 3.12. The number of carbonyl (C=O) groups excluding carboxylic acids is 1. The Morgan fingerprint density at radius 1 is 1.40 bits per heavy atom. The fourth-order valence-corrected chi connectivity index (χ4v) is 2.27. The highest BCUT2D eigenvalue weighted by molar-refractivity contribution is 5.77. The van der Waals surface area contributed by atoms with Crippen LogP contribution < -0.4 is 5.32 Å². The molecule has 0 aliphatic heterocycles. The van der Waals surface area contributed by atoms with E-state index in [1.54, 1.807) is 19.2 Å². The van der Waals surface area contributed by atoms with Crippen molar-refractivity contribution < 1.29 is 13.7 Å². The van der Waals surface area contributed by atoms with E-state index in [1.165, 1.54) is 12.1 Å². The molecule has 1 amide bonds. The summed E-state index contributed by atoms with van der Waals surface area (Å²) in [5.74, 6) is 1.03. The van der Waals surface area contributed by atoms with Gasteiger partial charge in [0.25, 0.3) is 0 Å².